The number of anilines is 2. The lowest BCUT2D eigenvalue weighted by Crippen LogP contribution is -2.25. The fourth-order valence-corrected chi connectivity index (χ4v) is 12.1. The maximum Gasteiger partial charge on any atom is 0.338 e. The quantitative estimate of drug-likeness (QED) is 0.0645. The van der Waals surface area contributed by atoms with E-state index in [0.717, 1.165) is 69.7 Å². The number of unbranched alkanes of at least 4 members (excludes halogenated alkanes) is 7. The van der Waals surface area contributed by atoms with Crippen molar-refractivity contribution in [2.45, 2.75) is 172 Å². The van der Waals surface area contributed by atoms with Crippen molar-refractivity contribution in [1.29, 1.82) is 0 Å². The molecule has 0 radical (unpaired) electrons. The number of ketones is 2. The second-order valence-corrected chi connectivity index (χ2v) is 20.9. The molecule has 0 saturated heterocycles. The third-order valence-corrected chi connectivity index (χ3v) is 16.0. The molecule has 6 heteroatoms. The standard InChI is InChI=1S/C60H71NO4S/c1-5-7-9-10-11-13-17-42-20-24-44(25-21-42)45-26-28-46(29-27-45)47-30-34-50(35-31-47)66-54-37-36-53(56-57(54)59(63)52-19-15-14-18-51(52)58(56)62)61-48-38-40(3)55(41(4)39-48)60(64)65-49-32-22-43(23-33-49)16-12-8-6-2/h14-15,18-19,26-31,34-39,42-44,49,61H,5-13,16-17,20-25,32-33H2,1-4H3. The molecule has 8 rings (SSSR count). The lowest BCUT2D eigenvalue weighted by atomic mass is 9.77. The number of esters is 1. The van der Waals surface area contributed by atoms with Crippen LogP contribution in [0.2, 0.25) is 0 Å². The number of carbonyl (C=O) groups excluding carboxylic acids is 3. The molecule has 2 saturated carbocycles. The third-order valence-electron chi connectivity index (χ3n) is 14.9. The van der Waals surface area contributed by atoms with Crippen molar-refractivity contribution in [2.24, 2.45) is 11.8 Å². The summed E-state index contributed by atoms with van der Waals surface area (Å²) in [6, 6.07) is 32.6. The molecule has 5 aromatic rings. The zero-order valence-corrected chi connectivity index (χ0v) is 40.8. The summed E-state index contributed by atoms with van der Waals surface area (Å²) >= 11 is 1.51. The van der Waals surface area contributed by atoms with E-state index in [4.69, 9.17) is 4.74 Å². The first-order valence-electron chi connectivity index (χ1n) is 25.5. The minimum absolute atomic E-state index is 0.0417. The van der Waals surface area contributed by atoms with Gasteiger partial charge in [-0.3, -0.25) is 9.59 Å². The highest BCUT2D eigenvalue weighted by atomic mass is 32.2. The van der Waals surface area contributed by atoms with Gasteiger partial charge in [-0.05, 0) is 147 Å². The number of ether oxygens (including phenoxy) is 1. The lowest BCUT2D eigenvalue weighted by Gasteiger charge is -2.29. The van der Waals surface area contributed by atoms with Crippen molar-refractivity contribution >= 4 is 40.7 Å². The molecule has 66 heavy (non-hydrogen) atoms. The molecule has 0 aliphatic heterocycles. The Bertz CT molecular complexity index is 2430. The van der Waals surface area contributed by atoms with E-state index >= 15 is 0 Å². The van der Waals surface area contributed by atoms with E-state index in [1.165, 1.54) is 119 Å². The van der Waals surface area contributed by atoms with Crippen LogP contribution in [0.3, 0.4) is 0 Å². The Morgan fingerprint density at radius 3 is 1.76 bits per heavy atom. The predicted octanol–water partition coefficient (Wildman–Crippen LogP) is 17.0. The summed E-state index contributed by atoms with van der Waals surface area (Å²) < 4.78 is 6.10. The second kappa shape index (κ2) is 22.7. The molecule has 1 N–H and O–H groups in total. The van der Waals surface area contributed by atoms with Crippen LogP contribution >= 0.6 is 11.8 Å². The second-order valence-electron chi connectivity index (χ2n) is 19.7. The van der Waals surface area contributed by atoms with Crippen molar-refractivity contribution in [2.75, 3.05) is 5.32 Å². The molecular weight excluding hydrogens is 831 g/mol. The topological polar surface area (TPSA) is 72.5 Å². The van der Waals surface area contributed by atoms with Gasteiger partial charge in [-0.15, -0.1) is 0 Å². The van der Waals surface area contributed by atoms with Crippen LogP contribution in [0.15, 0.2) is 107 Å². The van der Waals surface area contributed by atoms with Gasteiger partial charge in [0, 0.05) is 32.2 Å². The van der Waals surface area contributed by atoms with E-state index in [1.807, 2.05) is 50.2 Å². The molecule has 3 aliphatic rings. The smallest absolute Gasteiger partial charge is 0.338 e. The van der Waals surface area contributed by atoms with Gasteiger partial charge < -0.3 is 10.1 Å². The first-order chi connectivity index (χ1) is 32.2. The minimum atomic E-state index is -0.269. The van der Waals surface area contributed by atoms with Crippen LogP contribution < -0.4 is 5.32 Å². The number of benzene rings is 5. The molecule has 0 spiro atoms. The third kappa shape index (κ3) is 11.4. The maximum absolute atomic E-state index is 14.4. The molecule has 2 fully saturated rings. The molecule has 0 unspecified atom stereocenters. The molecule has 346 valence electrons. The Kier molecular flexibility index (Phi) is 16.4. The highest BCUT2D eigenvalue weighted by Gasteiger charge is 2.34. The maximum atomic E-state index is 14.4. The van der Waals surface area contributed by atoms with Gasteiger partial charge in [0.1, 0.15) is 6.10 Å². The SMILES string of the molecule is CCCCCCCCC1CCC(c2ccc(-c3ccc(Sc4ccc(Nc5cc(C)c(C(=O)OC6CCC(CCCCC)CC6)c(C)c5)c5c4C(=O)c4ccccc4C5=O)cc3)cc2)CC1. The molecule has 5 aromatic carbocycles. The molecule has 3 aliphatic carbocycles. The average molecular weight is 902 g/mol. The summed E-state index contributed by atoms with van der Waals surface area (Å²) in [6.07, 6.45) is 24.2. The first kappa shape index (κ1) is 47.5. The van der Waals surface area contributed by atoms with E-state index in [9.17, 15) is 14.4 Å². The summed E-state index contributed by atoms with van der Waals surface area (Å²) in [6.45, 7) is 8.40. The van der Waals surface area contributed by atoms with Gasteiger partial charge in [0.05, 0.1) is 16.8 Å². The van der Waals surface area contributed by atoms with Crippen LogP contribution in [0, 0.1) is 25.7 Å². The van der Waals surface area contributed by atoms with Crippen molar-refractivity contribution in [1.82, 2.24) is 0 Å². The highest BCUT2D eigenvalue weighted by molar-refractivity contribution is 7.99. The molecule has 0 atom stereocenters. The Labute approximate surface area is 399 Å². The van der Waals surface area contributed by atoms with E-state index < -0.39 is 0 Å². The number of nitrogens with one attached hydrogen (secondary N) is 1. The largest absolute Gasteiger partial charge is 0.459 e. The predicted molar refractivity (Wildman–Crippen MR) is 273 cm³/mol. The van der Waals surface area contributed by atoms with Crippen LogP contribution in [-0.2, 0) is 4.74 Å². The minimum Gasteiger partial charge on any atom is -0.459 e. The van der Waals surface area contributed by atoms with Crippen LogP contribution in [0.5, 0.6) is 0 Å². The number of aryl methyl sites for hydroxylation is 2. The van der Waals surface area contributed by atoms with E-state index in [1.54, 1.807) is 12.1 Å². The number of hydrogen-bond donors (Lipinski definition) is 1. The molecule has 0 amide bonds. The van der Waals surface area contributed by atoms with Crippen molar-refractivity contribution < 1.29 is 19.1 Å². The Hall–Kier alpha value is -4.94. The molecule has 0 aromatic heterocycles. The van der Waals surface area contributed by atoms with Crippen molar-refractivity contribution in [3.05, 3.63) is 142 Å². The number of fused-ring (bicyclic) bond motifs is 2. The van der Waals surface area contributed by atoms with Crippen LogP contribution in [0.1, 0.15) is 201 Å². The normalized spacial score (nSPS) is 19.3. The zero-order valence-electron chi connectivity index (χ0n) is 40.0. The molecule has 0 heterocycles. The van der Waals surface area contributed by atoms with Crippen LogP contribution in [0.25, 0.3) is 11.1 Å². The fourth-order valence-electron chi connectivity index (χ4n) is 11.1. The summed E-state index contributed by atoms with van der Waals surface area (Å²) in [5.74, 6) is 1.71. The van der Waals surface area contributed by atoms with Gasteiger partial charge in [0.2, 0.25) is 0 Å². The highest BCUT2D eigenvalue weighted by Crippen LogP contribution is 2.43. The van der Waals surface area contributed by atoms with E-state index in [2.05, 4.69) is 67.7 Å². The fraction of sp³-hybridized carbons (Fsp3) is 0.450. The van der Waals surface area contributed by atoms with Gasteiger partial charge in [0.15, 0.2) is 11.6 Å². The summed E-state index contributed by atoms with van der Waals surface area (Å²) in [5, 5.41) is 3.49. The molecular formula is C60H71NO4S. The van der Waals surface area contributed by atoms with Crippen LogP contribution in [0.4, 0.5) is 11.4 Å². The monoisotopic (exact) mass is 902 g/mol. The Morgan fingerprint density at radius 1 is 0.606 bits per heavy atom. The Balaban J connectivity index is 0.935. The van der Waals surface area contributed by atoms with Crippen LogP contribution in [-0.4, -0.2) is 23.6 Å². The Morgan fingerprint density at radius 2 is 1.14 bits per heavy atom. The summed E-state index contributed by atoms with van der Waals surface area (Å²) in [5.41, 5.74) is 8.95. The van der Waals surface area contributed by atoms with Crippen molar-refractivity contribution in [3.63, 3.8) is 0 Å². The van der Waals surface area contributed by atoms with Gasteiger partial charge >= 0.3 is 5.97 Å². The average Bonchev–Trinajstić information content (AvgIpc) is 3.33. The van der Waals surface area contributed by atoms with E-state index in [0.29, 0.717) is 39.4 Å². The number of rotatable bonds is 19. The zero-order chi connectivity index (χ0) is 46.0. The van der Waals surface area contributed by atoms with Crippen molar-refractivity contribution in [3.8, 4) is 11.1 Å². The number of carbonyl (C=O) groups is 3. The van der Waals surface area contributed by atoms with Gasteiger partial charge in [-0.25, -0.2) is 4.79 Å². The van der Waals surface area contributed by atoms with Gasteiger partial charge in [-0.1, -0.05) is 157 Å². The molecule has 0 bridgehead atoms. The summed E-state index contributed by atoms with van der Waals surface area (Å²) in [7, 11) is 0. The number of hydrogen-bond acceptors (Lipinski definition) is 6. The lowest BCUT2D eigenvalue weighted by molar-refractivity contribution is 0.0159. The van der Waals surface area contributed by atoms with Gasteiger partial charge in [0.25, 0.3) is 0 Å². The first-order valence-corrected chi connectivity index (χ1v) is 26.3. The van der Waals surface area contributed by atoms with E-state index in [-0.39, 0.29) is 23.6 Å². The summed E-state index contributed by atoms with van der Waals surface area (Å²) in [4.78, 5) is 44.1. The molecule has 5 nitrogen and oxygen atoms in total. The van der Waals surface area contributed by atoms with Gasteiger partial charge in [-0.2, -0.15) is 0 Å².